The first-order chi connectivity index (χ1) is 8.11. The molecule has 1 aromatic rings. The predicted octanol–water partition coefficient (Wildman–Crippen LogP) is 3.77. The Morgan fingerprint density at radius 3 is 2.39 bits per heavy atom. The summed E-state index contributed by atoms with van der Waals surface area (Å²) in [4.78, 5) is 23.3. The molecule has 18 heavy (non-hydrogen) atoms. The fourth-order valence-electron chi connectivity index (χ4n) is 1.16. The Labute approximate surface area is 117 Å². The highest BCUT2D eigenvalue weighted by Crippen LogP contribution is 2.25. The molecule has 1 aromatic carbocycles. The quantitative estimate of drug-likeness (QED) is 0.357. The van der Waals surface area contributed by atoms with Crippen molar-refractivity contribution in [3.63, 3.8) is 0 Å². The number of ketones is 1. The molecule has 0 spiro atoms. The maximum Gasteiger partial charge on any atom is 0.380 e. The molecular weight excluding hydrogens is 326 g/mol. The van der Waals surface area contributed by atoms with Gasteiger partial charge >= 0.3 is 5.97 Å². The van der Waals surface area contributed by atoms with E-state index in [9.17, 15) is 14.0 Å². The minimum absolute atomic E-state index is 0.240. The standard InChI is InChI=1S/C12H11BrClFO3/c1-12(2,3)18-11(17)10(16)7-4-6(13)5-8(14)9(7)15/h4-5H,1-3H3. The zero-order valence-corrected chi connectivity index (χ0v) is 12.4. The SMILES string of the molecule is CC(C)(C)OC(=O)C(=O)c1cc(Br)cc(Cl)c1F. The third-order valence-electron chi connectivity index (χ3n) is 1.82. The van der Waals surface area contributed by atoms with Crippen LogP contribution in [0.25, 0.3) is 0 Å². The fraction of sp³-hybridized carbons (Fsp3) is 0.333. The zero-order valence-electron chi connectivity index (χ0n) is 10.0. The second-order valence-electron chi connectivity index (χ2n) is 4.58. The second kappa shape index (κ2) is 5.36. The van der Waals surface area contributed by atoms with E-state index in [0.717, 1.165) is 0 Å². The topological polar surface area (TPSA) is 43.4 Å². The Morgan fingerprint density at radius 2 is 1.89 bits per heavy atom. The monoisotopic (exact) mass is 336 g/mol. The lowest BCUT2D eigenvalue weighted by atomic mass is 10.1. The summed E-state index contributed by atoms with van der Waals surface area (Å²) in [6.45, 7) is 4.84. The van der Waals surface area contributed by atoms with Crippen molar-refractivity contribution in [2.45, 2.75) is 26.4 Å². The zero-order chi connectivity index (χ0) is 14.1. The molecule has 0 amide bonds. The van der Waals surface area contributed by atoms with Crippen LogP contribution in [-0.4, -0.2) is 17.4 Å². The second-order valence-corrected chi connectivity index (χ2v) is 5.90. The highest BCUT2D eigenvalue weighted by Gasteiger charge is 2.27. The summed E-state index contributed by atoms with van der Waals surface area (Å²) in [6.07, 6.45) is 0. The smallest absolute Gasteiger partial charge is 0.380 e. The van der Waals surface area contributed by atoms with E-state index in [4.69, 9.17) is 16.3 Å². The first kappa shape index (κ1) is 15.1. The van der Waals surface area contributed by atoms with E-state index in [1.54, 1.807) is 20.8 Å². The van der Waals surface area contributed by atoms with Gasteiger partial charge in [-0.05, 0) is 32.9 Å². The summed E-state index contributed by atoms with van der Waals surface area (Å²) >= 11 is 8.66. The van der Waals surface area contributed by atoms with Crippen LogP contribution in [0.15, 0.2) is 16.6 Å². The van der Waals surface area contributed by atoms with Gasteiger partial charge in [-0.1, -0.05) is 27.5 Å². The number of hydrogen-bond acceptors (Lipinski definition) is 3. The number of halogens is 3. The Morgan fingerprint density at radius 1 is 1.33 bits per heavy atom. The molecule has 0 saturated heterocycles. The van der Waals surface area contributed by atoms with Gasteiger partial charge in [-0.3, -0.25) is 4.79 Å². The van der Waals surface area contributed by atoms with Gasteiger partial charge in [0.05, 0.1) is 10.6 Å². The summed E-state index contributed by atoms with van der Waals surface area (Å²) in [7, 11) is 0. The van der Waals surface area contributed by atoms with Crippen LogP contribution >= 0.6 is 27.5 Å². The van der Waals surface area contributed by atoms with Crippen LogP contribution in [0.3, 0.4) is 0 Å². The molecule has 0 heterocycles. The maximum atomic E-state index is 13.6. The van der Waals surface area contributed by atoms with Gasteiger partial charge in [0.25, 0.3) is 5.78 Å². The predicted molar refractivity (Wildman–Crippen MR) is 69.3 cm³/mol. The van der Waals surface area contributed by atoms with Crippen LogP contribution in [0.4, 0.5) is 4.39 Å². The average molecular weight is 338 g/mol. The number of rotatable bonds is 2. The van der Waals surface area contributed by atoms with Crippen LogP contribution in [0.5, 0.6) is 0 Å². The van der Waals surface area contributed by atoms with Crippen LogP contribution in [0.1, 0.15) is 31.1 Å². The van der Waals surface area contributed by atoms with Crippen molar-refractivity contribution in [3.05, 3.63) is 33.0 Å². The van der Waals surface area contributed by atoms with E-state index in [1.165, 1.54) is 12.1 Å². The van der Waals surface area contributed by atoms with Crippen molar-refractivity contribution >= 4 is 39.3 Å². The number of hydrogen-bond donors (Lipinski definition) is 0. The van der Waals surface area contributed by atoms with Crippen molar-refractivity contribution in [2.75, 3.05) is 0 Å². The minimum atomic E-state index is -1.12. The summed E-state index contributed by atoms with van der Waals surface area (Å²) in [6, 6.07) is 2.48. The lowest BCUT2D eigenvalue weighted by Crippen LogP contribution is -2.29. The van der Waals surface area contributed by atoms with E-state index < -0.39 is 28.7 Å². The Hall–Kier alpha value is -0.940. The van der Waals surface area contributed by atoms with Crippen LogP contribution in [-0.2, 0) is 9.53 Å². The highest BCUT2D eigenvalue weighted by molar-refractivity contribution is 9.10. The van der Waals surface area contributed by atoms with E-state index in [1.807, 2.05) is 0 Å². The van der Waals surface area contributed by atoms with Gasteiger partial charge in [-0.25, -0.2) is 9.18 Å². The van der Waals surface area contributed by atoms with Crippen molar-refractivity contribution in [1.29, 1.82) is 0 Å². The molecule has 0 fully saturated rings. The molecule has 0 saturated carbocycles. The normalized spacial score (nSPS) is 11.2. The molecule has 6 heteroatoms. The summed E-state index contributed by atoms with van der Waals surface area (Å²) in [5.74, 6) is -3.11. The molecule has 0 bridgehead atoms. The Kier molecular flexibility index (Phi) is 4.50. The summed E-state index contributed by atoms with van der Waals surface area (Å²) in [5.41, 5.74) is -1.23. The number of carbonyl (C=O) groups is 2. The lowest BCUT2D eigenvalue weighted by molar-refractivity contribution is -0.148. The number of carbonyl (C=O) groups excluding carboxylic acids is 2. The molecule has 0 radical (unpaired) electrons. The third kappa shape index (κ3) is 3.78. The first-order valence-corrected chi connectivity index (χ1v) is 6.21. The number of esters is 1. The lowest BCUT2D eigenvalue weighted by Gasteiger charge is -2.18. The molecule has 98 valence electrons. The largest absolute Gasteiger partial charge is 0.454 e. The Bertz CT molecular complexity index is 509. The minimum Gasteiger partial charge on any atom is -0.454 e. The highest BCUT2D eigenvalue weighted by atomic mass is 79.9. The van der Waals surface area contributed by atoms with Gasteiger partial charge in [0, 0.05) is 4.47 Å². The molecule has 0 atom stereocenters. The van der Waals surface area contributed by atoms with Gasteiger partial charge in [-0.2, -0.15) is 0 Å². The van der Waals surface area contributed by atoms with Crippen molar-refractivity contribution < 1.29 is 18.7 Å². The molecule has 0 aromatic heterocycles. The van der Waals surface area contributed by atoms with E-state index in [0.29, 0.717) is 4.47 Å². The van der Waals surface area contributed by atoms with Crippen LogP contribution in [0.2, 0.25) is 5.02 Å². The third-order valence-corrected chi connectivity index (χ3v) is 2.55. The molecule has 1 rings (SSSR count). The summed E-state index contributed by atoms with van der Waals surface area (Å²) < 4.78 is 18.9. The van der Waals surface area contributed by atoms with Gasteiger partial charge in [0.15, 0.2) is 5.82 Å². The van der Waals surface area contributed by atoms with Crippen molar-refractivity contribution in [1.82, 2.24) is 0 Å². The number of Topliss-reactive ketones (excluding diaryl/α,β-unsaturated/α-hetero) is 1. The summed E-state index contributed by atoms with van der Waals surface area (Å²) in [5, 5.41) is -0.240. The van der Waals surface area contributed by atoms with Crippen LogP contribution in [0, 0.1) is 5.82 Å². The average Bonchev–Trinajstić information content (AvgIpc) is 2.19. The molecule has 0 aliphatic rings. The van der Waals surface area contributed by atoms with Gasteiger partial charge in [0.1, 0.15) is 5.60 Å². The van der Waals surface area contributed by atoms with Gasteiger partial charge in [-0.15, -0.1) is 0 Å². The number of benzene rings is 1. The molecule has 3 nitrogen and oxygen atoms in total. The molecular formula is C12H11BrClFO3. The van der Waals surface area contributed by atoms with Crippen LogP contribution < -0.4 is 0 Å². The van der Waals surface area contributed by atoms with Gasteiger partial charge < -0.3 is 4.74 Å². The molecule has 0 N–H and O–H groups in total. The van der Waals surface area contributed by atoms with Crippen molar-refractivity contribution in [2.24, 2.45) is 0 Å². The van der Waals surface area contributed by atoms with Gasteiger partial charge in [0.2, 0.25) is 0 Å². The van der Waals surface area contributed by atoms with E-state index >= 15 is 0 Å². The molecule has 0 aliphatic heterocycles. The van der Waals surface area contributed by atoms with E-state index in [-0.39, 0.29) is 5.02 Å². The maximum absolute atomic E-state index is 13.6. The molecule has 0 unspecified atom stereocenters. The molecule has 0 aliphatic carbocycles. The van der Waals surface area contributed by atoms with Crippen molar-refractivity contribution in [3.8, 4) is 0 Å². The first-order valence-electron chi connectivity index (χ1n) is 5.04. The Balaban J connectivity index is 3.08. The van der Waals surface area contributed by atoms with E-state index in [2.05, 4.69) is 15.9 Å². The fourth-order valence-corrected chi connectivity index (χ4v) is 1.96. The number of ether oxygens (including phenoxy) is 1.